The zero-order valence-electron chi connectivity index (χ0n) is 16.1. The van der Waals surface area contributed by atoms with Gasteiger partial charge < -0.3 is 0 Å². The summed E-state index contributed by atoms with van der Waals surface area (Å²) in [5, 5.41) is 8.61. The van der Waals surface area contributed by atoms with Crippen molar-refractivity contribution in [2.24, 2.45) is 5.92 Å². The third-order valence-electron chi connectivity index (χ3n) is 5.23. The summed E-state index contributed by atoms with van der Waals surface area (Å²) in [4.78, 5) is 29.0. The number of Topliss-reactive ketones (excluding diaryl/α,β-unsaturated/α-hetero) is 1. The van der Waals surface area contributed by atoms with E-state index in [1.54, 1.807) is 16.8 Å². The maximum absolute atomic E-state index is 12.6. The van der Waals surface area contributed by atoms with Gasteiger partial charge in [0, 0.05) is 18.7 Å². The van der Waals surface area contributed by atoms with Crippen molar-refractivity contribution in [1.29, 1.82) is 0 Å². The van der Waals surface area contributed by atoms with Gasteiger partial charge in [0.25, 0.3) is 5.56 Å². The Morgan fingerprint density at radius 3 is 2.96 bits per heavy atom. The van der Waals surface area contributed by atoms with Crippen LogP contribution in [0.5, 0.6) is 0 Å². The van der Waals surface area contributed by atoms with Crippen LogP contribution < -0.4 is 5.56 Å². The number of aryl methyl sites for hydroxylation is 1. The fourth-order valence-corrected chi connectivity index (χ4v) is 3.60. The van der Waals surface area contributed by atoms with E-state index in [0.29, 0.717) is 5.92 Å². The second-order valence-corrected chi connectivity index (χ2v) is 7.60. The van der Waals surface area contributed by atoms with Gasteiger partial charge >= 0.3 is 0 Å². The molecule has 4 rings (SSSR count). The Morgan fingerprint density at radius 1 is 1.32 bits per heavy atom. The lowest BCUT2D eigenvalue weighted by molar-refractivity contribution is -0.119. The Morgan fingerprint density at radius 2 is 2.18 bits per heavy atom. The van der Waals surface area contributed by atoms with E-state index >= 15 is 0 Å². The number of hydrogen-bond acceptors (Lipinski definition) is 5. The SMILES string of the molecule is Cc1cc(=O)n(CC(=O)Cc2ccc3ncnn3c2)nc1C1=CCC(C)CC1. The fourth-order valence-electron chi connectivity index (χ4n) is 3.60. The van der Waals surface area contributed by atoms with Crippen LogP contribution in [0.15, 0.2) is 41.6 Å². The van der Waals surface area contributed by atoms with Crippen molar-refractivity contribution >= 4 is 17.0 Å². The number of allylic oxidation sites excluding steroid dienone is 2. The molecule has 0 spiro atoms. The van der Waals surface area contributed by atoms with Crippen LogP contribution in [0, 0.1) is 12.8 Å². The lowest BCUT2D eigenvalue weighted by Crippen LogP contribution is -2.28. The molecule has 28 heavy (non-hydrogen) atoms. The molecule has 1 atom stereocenters. The summed E-state index contributed by atoms with van der Waals surface area (Å²) in [7, 11) is 0. The molecule has 7 nitrogen and oxygen atoms in total. The summed E-state index contributed by atoms with van der Waals surface area (Å²) in [6.07, 6.45) is 8.79. The minimum atomic E-state index is -0.244. The van der Waals surface area contributed by atoms with Gasteiger partial charge in [-0.1, -0.05) is 19.1 Å². The van der Waals surface area contributed by atoms with Gasteiger partial charge in [0.1, 0.15) is 12.9 Å². The molecule has 0 radical (unpaired) electrons. The normalized spacial score (nSPS) is 16.9. The van der Waals surface area contributed by atoms with Gasteiger partial charge in [-0.2, -0.15) is 10.2 Å². The van der Waals surface area contributed by atoms with Gasteiger partial charge in [-0.3, -0.25) is 9.59 Å². The summed E-state index contributed by atoms with van der Waals surface area (Å²) in [5.41, 5.74) is 4.19. The lowest BCUT2D eigenvalue weighted by Gasteiger charge is -2.19. The second-order valence-electron chi connectivity index (χ2n) is 7.60. The Hall–Kier alpha value is -3.09. The van der Waals surface area contributed by atoms with E-state index in [1.807, 2.05) is 19.1 Å². The molecular weight excluding hydrogens is 354 g/mol. The highest BCUT2D eigenvalue weighted by Gasteiger charge is 2.17. The third kappa shape index (κ3) is 3.78. The van der Waals surface area contributed by atoms with Crippen LogP contribution in [0.1, 0.15) is 43.0 Å². The summed E-state index contributed by atoms with van der Waals surface area (Å²) >= 11 is 0. The van der Waals surface area contributed by atoms with E-state index in [4.69, 9.17) is 0 Å². The fraction of sp³-hybridized carbons (Fsp3) is 0.381. The number of ketones is 1. The van der Waals surface area contributed by atoms with Crippen LogP contribution in [-0.2, 0) is 17.8 Å². The van der Waals surface area contributed by atoms with Crippen molar-refractivity contribution in [2.45, 2.75) is 46.1 Å². The van der Waals surface area contributed by atoms with Crippen LogP contribution in [0.25, 0.3) is 11.2 Å². The van der Waals surface area contributed by atoms with Crippen molar-refractivity contribution in [3.05, 3.63) is 64.0 Å². The molecule has 0 bridgehead atoms. The van der Waals surface area contributed by atoms with Gasteiger partial charge in [0.2, 0.25) is 0 Å². The molecule has 0 saturated heterocycles. The van der Waals surface area contributed by atoms with Crippen molar-refractivity contribution in [1.82, 2.24) is 24.4 Å². The summed E-state index contributed by atoms with van der Waals surface area (Å²) < 4.78 is 2.92. The molecule has 0 fully saturated rings. The number of pyridine rings is 1. The van der Waals surface area contributed by atoms with Crippen molar-refractivity contribution in [2.75, 3.05) is 0 Å². The van der Waals surface area contributed by atoms with Gasteiger partial charge in [-0.25, -0.2) is 14.2 Å². The Balaban J connectivity index is 1.54. The minimum Gasteiger partial charge on any atom is -0.297 e. The monoisotopic (exact) mass is 377 g/mol. The molecule has 0 amide bonds. The van der Waals surface area contributed by atoms with Crippen molar-refractivity contribution in [3.8, 4) is 0 Å². The van der Waals surface area contributed by atoms with Crippen LogP contribution in [0.2, 0.25) is 0 Å². The number of aromatic nitrogens is 5. The Labute approximate surface area is 162 Å². The van der Waals surface area contributed by atoms with E-state index in [0.717, 1.165) is 41.7 Å². The molecule has 7 heteroatoms. The standard InChI is InChI=1S/C21H23N5O2/c1-14-3-6-17(7-4-14)21-15(2)9-20(28)26(24-21)12-18(27)10-16-5-8-19-22-13-23-25(19)11-16/h5-6,8-9,11,13-14H,3-4,7,10,12H2,1-2H3. The first-order chi connectivity index (χ1) is 13.5. The van der Waals surface area contributed by atoms with Gasteiger partial charge in [0.05, 0.1) is 5.69 Å². The van der Waals surface area contributed by atoms with Gasteiger partial charge in [-0.05, 0) is 54.9 Å². The van der Waals surface area contributed by atoms with Crippen LogP contribution in [0.3, 0.4) is 0 Å². The predicted octanol–water partition coefficient (Wildman–Crippen LogP) is 2.61. The average molecular weight is 377 g/mol. The summed E-state index contributed by atoms with van der Waals surface area (Å²) in [6.45, 7) is 4.11. The number of carbonyl (C=O) groups is 1. The second kappa shape index (κ2) is 7.50. The van der Waals surface area contributed by atoms with Crippen LogP contribution in [-0.4, -0.2) is 30.2 Å². The van der Waals surface area contributed by atoms with Crippen molar-refractivity contribution < 1.29 is 4.79 Å². The first kappa shape index (κ1) is 18.3. The molecular formula is C21H23N5O2. The molecule has 3 aromatic heterocycles. The largest absolute Gasteiger partial charge is 0.297 e. The molecule has 3 heterocycles. The molecule has 1 aliphatic rings. The molecule has 0 N–H and O–H groups in total. The minimum absolute atomic E-state index is 0.0365. The number of hydrogen-bond donors (Lipinski definition) is 0. The molecule has 3 aromatic rings. The Bertz CT molecular complexity index is 1130. The zero-order chi connectivity index (χ0) is 19.7. The molecule has 0 aromatic carbocycles. The predicted molar refractivity (Wildman–Crippen MR) is 106 cm³/mol. The van der Waals surface area contributed by atoms with Gasteiger partial charge in [-0.15, -0.1) is 0 Å². The number of rotatable bonds is 5. The maximum Gasteiger partial charge on any atom is 0.267 e. The highest BCUT2D eigenvalue weighted by Crippen LogP contribution is 2.29. The van der Waals surface area contributed by atoms with Gasteiger partial charge in [0.15, 0.2) is 11.4 Å². The summed E-state index contributed by atoms with van der Waals surface area (Å²) in [6, 6.07) is 5.25. The smallest absolute Gasteiger partial charge is 0.267 e. The molecule has 0 saturated carbocycles. The lowest BCUT2D eigenvalue weighted by atomic mass is 9.88. The number of fused-ring (bicyclic) bond motifs is 1. The zero-order valence-corrected chi connectivity index (χ0v) is 16.1. The number of nitrogens with zero attached hydrogens (tertiary/aromatic N) is 5. The summed E-state index contributed by atoms with van der Waals surface area (Å²) in [5.74, 6) is 0.606. The van der Waals surface area contributed by atoms with Crippen LogP contribution >= 0.6 is 0 Å². The molecule has 1 unspecified atom stereocenters. The first-order valence-corrected chi connectivity index (χ1v) is 9.58. The van der Waals surface area contributed by atoms with E-state index < -0.39 is 0 Å². The van der Waals surface area contributed by atoms with E-state index in [9.17, 15) is 9.59 Å². The van der Waals surface area contributed by atoms with E-state index in [1.165, 1.54) is 16.6 Å². The first-order valence-electron chi connectivity index (χ1n) is 9.58. The van der Waals surface area contributed by atoms with Crippen molar-refractivity contribution in [3.63, 3.8) is 0 Å². The van der Waals surface area contributed by atoms with E-state index in [-0.39, 0.29) is 24.3 Å². The highest BCUT2D eigenvalue weighted by molar-refractivity contribution is 5.80. The molecule has 1 aliphatic carbocycles. The topological polar surface area (TPSA) is 82.1 Å². The molecule has 0 aliphatic heterocycles. The highest BCUT2D eigenvalue weighted by atomic mass is 16.1. The number of carbonyl (C=O) groups excluding carboxylic acids is 1. The third-order valence-corrected chi connectivity index (χ3v) is 5.23. The molecule has 144 valence electrons. The van der Waals surface area contributed by atoms with E-state index in [2.05, 4.69) is 28.2 Å². The average Bonchev–Trinajstić information content (AvgIpc) is 3.12. The quantitative estimate of drug-likeness (QED) is 0.683. The Kier molecular flexibility index (Phi) is 4.90. The maximum atomic E-state index is 12.6. The van der Waals surface area contributed by atoms with Crippen LogP contribution in [0.4, 0.5) is 0 Å².